The van der Waals surface area contributed by atoms with Gasteiger partial charge in [0.25, 0.3) is 0 Å². The van der Waals surface area contributed by atoms with Crippen LogP contribution >= 0.6 is 0 Å². The van der Waals surface area contributed by atoms with E-state index in [0.717, 1.165) is 0 Å². The summed E-state index contributed by atoms with van der Waals surface area (Å²) in [5.74, 6) is 0. The Bertz CT molecular complexity index is 680. The third-order valence-corrected chi connectivity index (χ3v) is 2.24. The first-order valence-electron chi connectivity index (χ1n) is 4.21. The van der Waals surface area contributed by atoms with Gasteiger partial charge in [-0.15, -0.1) is 0 Å². The first-order chi connectivity index (χ1) is 6.91. The number of nitrogen functional groups attached to an aromatic ring is 1. The molecule has 0 saturated heterocycles. The van der Waals surface area contributed by atoms with Crippen LogP contribution in [0.4, 0.5) is 5.69 Å². The summed E-state index contributed by atoms with van der Waals surface area (Å²) < 4.78 is 0. The van der Waals surface area contributed by atoms with Gasteiger partial charge in [0.1, 0.15) is 21.4 Å². The van der Waals surface area contributed by atoms with Gasteiger partial charge in [-0.3, -0.25) is 21.6 Å². The molecule has 0 aliphatic carbocycles. The van der Waals surface area contributed by atoms with Crippen LogP contribution in [0, 0.1) is 28.6 Å². The van der Waals surface area contributed by atoms with Gasteiger partial charge in [0.15, 0.2) is 0 Å². The molecule has 0 saturated carbocycles. The standard InChI is InChI=1S/C8H11BN6/c1-2-3(10)4(11)5(12)6(13)7(14)8(2)15-9/h11-14H,9-10H2,1H3. The molecule has 0 bridgehead atoms. The van der Waals surface area contributed by atoms with E-state index in [4.69, 9.17) is 27.4 Å². The van der Waals surface area contributed by atoms with E-state index in [2.05, 4.69) is 4.90 Å². The largest absolute Gasteiger partial charge is 0.397 e. The quantitative estimate of drug-likeness (QED) is 0.279. The molecule has 6 N–H and O–H groups in total. The summed E-state index contributed by atoms with van der Waals surface area (Å²) in [5, 5.41) is 29.5. The van der Waals surface area contributed by atoms with Crippen molar-refractivity contribution in [2.45, 2.75) is 6.92 Å². The predicted molar refractivity (Wildman–Crippen MR) is 55.5 cm³/mol. The number of nitrogens with two attached hydrogens (primary N) is 1. The second-order valence-electron chi connectivity index (χ2n) is 3.11. The van der Waals surface area contributed by atoms with E-state index in [0.29, 0.717) is 5.56 Å². The fraction of sp³-hybridized carbons (Fsp3) is 0.125. The highest BCUT2D eigenvalue weighted by atomic mass is 14.7. The van der Waals surface area contributed by atoms with Crippen molar-refractivity contribution in [3.63, 3.8) is 0 Å². The SMILES string of the molecule is BN=c1c(C)c(N)c(=N)c(=N)c(=N)c1=N. The molecule has 1 rings (SSSR count). The van der Waals surface area contributed by atoms with Crippen LogP contribution in [0.2, 0.25) is 0 Å². The number of nitrogens with one attached hydrogen (secondary N) is 4. The Labute approximate surface area is 86.0 Å². The Balaban J connectivity index is 4.45. The molecule has 0 fully saturated rings. The maximum atomic E-state index is 7.65. The Kier molecular flexibility index (Phi) is 2.65. The minimum atomic E-state index is -0.337. The van der Waals surface area contributed by atoms with Crippen molar-refractivity contribution in [3.8, 4) is 0 Å². The van der Waals surface area contributed by atoms with Crippen molar-refractivity contribution < 1.29 is 0 Å². The van der Waals surface area contributed by atoms with E-state index in [1.165, 1.54) is 7.98 Å². The average Bonchev–Trinajstić information content (AvgIpc) is 2.28. The van der Waals surface area contributed by atoms with Crippen LogP contribution < -0.4 is 32.5 Å². The van der Waals surface area contributed by atoms with Gasteiger partial charge in [-0.25, -0.2) is 0 Å². The molecule has 1 aromatic carbocycles. The van der Waals surface area contributed by atoms with Gasteiger partial charge in [-0.05, 0) is 6.92 Å². The zero-order valence-corrected chi connectivity index (χ0v) is 8.52. The molecule has 1 aromatic rings. The molecule has 15 heavy (non-hydrogen) atoms. The lowest BCUT2D eigenvalue weighted by Gasteiger charge is -1.92. The van der Waals surface area contributed by atoms with Gasteiger partial charge in [0, 0.05) is 5.56 Å². The van der Waals surface area contributed by atoms with Gasteiger partial charge in [0.05, 0.1) is 11.0 Å². The van der Waals surface area contributed by atoms with E-state index >= 15 is 0 Å². The molecule has 76 valence electrons. The highest BCUT2D eigenvalue weighted by molar-refractivity contribution is 6.05. The maximum absolute atomic E-state index is 7.65. The monoisotopic (exact) mass is 202 g/mol. The minimum absolute atomic E-state index is 0.104. The maximum Gasteiger partial charge on any atom is 0.245 e. The van der Waals surface area contributed by atoms with Gasteiger partial charge in [0.2, 0.25) is 7.98 Å². The normalized spacial score (nSPS) is 11.7. The molecule has 7 heteroatoms. The number of anilines is 1. The summed E-state index contributed by atoms with van der Waals surface area (Å²) in [5.41, 5.74) is 6.22. The highest BCUT2D eigenvalue weighted by Crippen LogP contribution is 1.90. The molecule has 0 aliphatic heterocycles. The summed E-state index contributed by atoms with van der Waals surface area (Å²) in [6.07, 6.45) is 0. The minimum Gasteiger partial charge on any atom is -0.397 e. The Morgan fingerprint density at radius 1 is 1.00 bits per heavy atom. The zero-order valence-electron chi connectivity index (χ0n) is 8.52. The number of nitrogens with zero attached hydrogens (tertiary/aromatic N) is 1. The topological polar surface area (TPSA) is 134 Å². The smallest absolute Gasteiger partial charge is 0.245 e. The molecular formula is C8H11BN6. The van der Waals surface area contributed by atoms with Crippen LogP contribution in [0.15, 0.2) is 4.90 Å². The molecule has 0 unspecified atom stereocenters. The van der Waals surface area contributed by atoms with E-state index in [-0.39, 0.29) is 32.5 Å². The number of hydrogen-bond donors (Lipinski definition) is 5. The van der Waals surface area contributed by atoms with Crippen molar-refractivity contribution in [1.82, 2.24) is 0 Å². The van der Waals surface area contributed by atoms with Crippen LogP contribution in [-0.2, 0) is 0 Å². The summed E-state index contributed by atoms with van der Waals surface area (Å²) in [7, 11) is 1.49. The predicted octanol–water partition coefficient (Wildman–Crippen LogP) is -3.18. The van der Waals surface area contributed by atoms with Crippen molar-refractivity contribution in [3.05, 3.63) is 32.3 Å². The van der Waals surface area contributed by atoms with E-state index < -0.39 is 0 Å². The van der Waals surface area contributed by atoms with Gasteiger partial charge < -0.3 is 10.6 Å². The summed E-state index contributed by atoms with van der Waals surface area (Å²) in [4.78, 5) is 3.86. The Morgan fingerprint density at radius 3 is 1.93 bits per heavy atom. The summed E-state index contributed by atoms with van der Waals surface area (Å²) in [6.45, 7) is 1.63. The second-order valence-corrected chi connectivity index (χ2v) is 3.11. The first kappa shape index (κ1) is 11.0. The van der Waals surface area contributed by atoms with Crippen LogP contribution in [0.5, 0.6) is 0 Å². The lowest BCUT2D eigenvalue weighted by molar-refractivity contribution is 1.02. The van der Waals surface area contributed by atoms with E-state index in [1.54, 1.807) is 6.92 Å². The lowest BCUT2D eigenvalue weighted by Crippen LogP contribution is -2.47. The molecule has 0 aliphatic rings. The molecule has 0 heterocycles. The third kappa shape index (κ3) is 1.52. The van der Waals surface area contributed by atoms with Crippen LogP contribution in [0.25, 0.3) is 0 Å². The van der Waals surface area contributed by atoms with Crippen molar-refractivity contribution in [2.75, 3.05) is 5.73 Å². The molecule has 0 amide bonds. The molecule has 0 aromatic heterocycles. The Morgan fingerprint density at radius 2 is 1.47 bits per heavy atom. The molecule has 6 nitrogen and oxygen atoms in total. The lowest BCUT2D eigenvalue weighted by atomic mass is 10.2. The first-order valence-corrected chi connectivity index (χ1v) is 4.21. The van der Waals surface area contributed by atoms with Crippen molar-refractivity contribution in [2.24, 2.45) is 4.90 Å². The van der Waals surface area contributed by atoms with Crippen molar-refractivity contribution >= 4 is 13.7 Å². The van der Waals surface area contributed by atoms with E-state index in [1.807, 2.05) is 0 Å². The van der Waals surface area contributed by atoms with Gasteiger partial charge >= 0.3 is 0 Å². The third-order valence-electron chi connectivity index (χ3n) is 2.24. The van der Waals surface area contributed by atoms with Crippen LogP contribution in [0.1, 0.15) is 5.56 Å². The van der Waals surface area contributed by atoms with Crippen LogP contribution in [-0.4, -0.2) is 7.98 Å². The summed E-state index contributed by atoms with van der Waals surface area (Å²) >= 11 is 0. The fourth-order valence-electron chi connectivity index (χ4n) is 1.29. The average molecular weight is 202 g/mol. The van der Waals surface area contributed by atoms with Gasteiger partial charge in [-0.1, -0.05) is 0 Å². The molecular weight excluding hydrogens is 191 g/mol. The number of hydrogen-bond acceptors (Lipinski definition) is 6. The fourth-order valence-corrected chi connectivity index (χ4v) is 1.29. The molecule has 0 radical (unpaired) electrons. The second kappa shape index (κ2) is 3.60. The molecule has 0 spiro atoms. The van der Waals surface area contributed by atoms with Crippen molar-refractivity contribution in [1.29, 1.82) is 21.6 Å². The van der Waals surface area contributed by atoms with E-state index in [9.17, 15) is 0 Å². The molecule has 0 atom stereocenters. The summed E-state index contributed by atoms with van der Waals surface area (Å²) in [6, 6.07) is 0. The van der Waals surface area contributed by atoms with Gasteiger partial charge in [-0.2, -0.15) is 0 Å². The highest BCUT2D eigenvalue weighted by Gasteiger charge is 2.02. The number of rotatable bonds is 0. The zero-order chi connectivity index (χ0) is 11.7. The Hall–Kier alpha value is -2.05. The van der Waals surface area contributed by atoms with Crippen LogP contribution in [0.3, 0.4) is 0 Å².